The van der Waals surface area contributed by atoms with Gasteiger partial charge in [-0.3, -0.25) is 0 Å². The van der Waals surface area contributed by atoms with Gasteiger partial charge >= 0.3 is 0 Å². The number of nitrogens with zero attached hydrogens (tertiary/aromatic N) is 4. The number of nitrogens with one attached hydrogen (secondary N) is 3. The molecule has 9 nitrogen and oxygen atoms in total. The van der Waals surface area contributed by atoms with Crippen LogP contribution in [0.2, 0.25) is 0 Å². The number of likely N-dealkylation sites (N-methyl/N-ethyl adjacent to an activating group) is 1. The lowest BCUT2D eigenvalue weighted by Crippen LogP contribution is -2.44. The van der Waals surface area contributed by atoms with Crippen LogP contribution in [0, 0.1) is 0 Å². The van der Waals surface area contributed by atoms with Gasteiger partial charge in [-0.25, -0.2) is 18.1 Å². The number of thiophene rings is 1. The molecule has 0 aliphatic carbocycles. The maximum atomic E-state index is 12.6. The molecule has 0 saturated carbocycles. The number of hydrogen-bond donors (Lipinski definition) is 3. The lowest BCUT2D eigenvalue weighted by Gasteiger charge is -2.34. The highest BCUT2D eigenvalue weighted by atomic mass is 79.9. The molecule has 4 aromatic rings. The van der Waals surface area contributed by atoms with Gasteiger partial charge in [0.25, 0.3) is 0 Å². The van der Waals surface area contributed by atoms with E-state index in [2.05, 4.69) is 70.2 Å². The first-order chi connectivity index (χ1) is 17.9. The van der Waals surface area contributed by atoms with E-state index in [0.717, 1.165) is 42.1 Å². The average Bonchev–Trinajstić information content (AvgIpc) is 3.36. The summed E-state index contributed by atoms with van der Waals surface area (Å²) in [5.41, 5.74) is 2.94. The lowest BCUT2D eigenvalue weighted by molar-refractivity contribution is 0.313. The van der Waals surface area contributed by atoms with Gasteiger partial charge in [0.2, 0.25) is 16.0 Å². The maximum absolute atomic E-state index is 12.6. The molecule has 0 spiro atoms. The molecule has 37 heavy (non-hydrogen) atoms. The van der Waals surface area contributed by atoms with Crippen LogP contribution in [0.25, 0.3) is 10.2 Å². The number of halogens is 1. The Labute approximate surface area is 229 Å². The maximum Gasteiger partial charge on any atom is 0.240 e. The number of piperazine rings is 1. The van der Waals surface area contributed by atoms with Gasteiger partial charge in [-0.2, -0.15) is 4.98 Å². The zero-order valence-corrected chi connectivity index (χ0v) is 23.5. The Morgan fingerprint density at radius 2 is 1.78 bits per heavy atom. The van der Waals surface area contributed by atoms with E-state index in [9.17, 15) is 8.42 Å². The molecule has 0 bridgehead atoms. The van der Waals surface area contributed by atoms with Crippen molar-refractivity contribution in [3.63, 3.8) is 0 Å². The molecular weight excluding hydrogens is 574 g/mol. The molecule has 0 unspecified atom stereocenters. The van der Waals surface area contributed by atoms with Gasteiger partial charge in [0.1, 0.15) is 5.82 Å². The van der Waals surface area contributed by atoms with Crippen molar-refractivity contribution in [2.24, 2.45) is 0 Å². The zero-order chi connectivity index (χ0) is 25.8. The molecule has 0 atom stereocenters. The molecule has 3 N–H and O–H groups in total. The molecule has 12 heteroatoms. The third-order valence-electron chi connectivity index (χ3n) is 6.11. The van der Waals surface area contributed by atoms with Crippen molar-refractivity contribution < 1.29 is 8.42 Å². The highest BCUT2D eigenvalue weighted by Crippen LogP contribution is 2.29. The van der Waals surface area contributed by atoms with Gasteiger partial charge in [0, 0.05) is 55.1 Å². The summed E-state index contributed by atoms with van der Waals surface area (Å²) < 4.78 is 29.4. The summed E-state index contributed by atoms with van der Waals surface area (Å²) in [7, 11) is -1.45. The Kier molecular flexibility index (Phi) is 7.91. The first-order valence-corrected chi connectivity index (χ1v) is 15.1. The van der Waals surface area contributed by atoms with E-state index < -0.39 is 10.0 Å². The van der Waals surface area contributed by atoms with Crippen LogP contribution < -0.4 is 20.3 Å². The largest absolute Gasteiger partial charge is 0.369 e. The van der Waals surface area contributed by atoms with Gasteiger partial charge in [0.05, 0.1) is 15.1 Å². The second-order valence-electron chi connectivity index (χ2n) is 8.77. The molecule has 0 radical (unpaired) electrons. The van der Waals surface area contributed by atoms with Crippen molar-refractivity contribution >= 4 is 70.6 Å². The van der Waals surface area contributed by atoms with E-state index in [1.807, 2.05) is 23.6 Å². The van der Waals surface area contributed by atoms with Crippen LogP contribution in [0.4, 0.5) is 23.1 Å². The molecule has 3 heterocycles. The summed E-state index contributed by atoms with van der Waals surface area (Å²) in [6.07, 6.45) is 0. The van der Waals surface area contributed by atoms with Crippen molar-refractivity contribution in [3.05, 3.63) is 64.5 Å². The predicted octanol–water partition coefficient (Wildman–Crippen LogP) is 4.34. The molecule has 0 amide bonds. The zero-order valence-electron chi connectivity index (χ0n) is 20.3. The quantitative estimate of drug-likeness (QED) is 0.243. The van der Waals surface area contributed by atoms with Crippen LogP contribution in [0.1, 0.15) is 0 Å². The summed E-state index contributed by atoms with van der Waals surface area (Å²) in [6, 6.07) is 16.9. The van der Waals surface area contributed by atoms with Crippen LogP contribution in [0.15, 0.2) is 69.3 Å². The van der Waals surface area contributed by atoms with Gasteiger partial charge in [-0.1, -0.05) is 22.0 Å². The van der Waals surface area contributed by atoms with Crippen molar-refractivity contribution in [2.45, 2.75) is 4.90 Å². The van der Waals surface area contributed by atoms with E-state index >= 15 is 0 Å². The van der Waals surface area contributed by atoms with Gasteiger partial charge < -0.3 is 20.4 Å². The first-order valence-electron chi connectivity index (χ1n) is 11.9. The van der Waals surface area contributed by atoms with Crippen LogP contribution in [-0.4, -0.2) is 69.6 Å². The Bertz CT molecular complexity index is 1470. The van der Waals surface area contributed by atoms with Crippen molar-refractivity contribution in [1.29, 1.82) is 0 Å². The standard InChI is InChI=1S/C25H28BrN7O2S2/c1-32-12-14-33(15-13-32)20-7-5-19(6-8-20)29-25-30-22-9-16-36-23(22)24(31-25)27-10-11-28-37(34,35)21-4-2-3-18(26)17-21/h2-9,16-17,28H,10-15H2,1H3,(H2,27,29,30,31). The predicted molar refractivity (Wildman–Crippen MR) is 155 cm³/mol. The Morgan fingerprint density at radius 1 is 1.00 bits per heavy atom. The minimum atomic E-state index is -3.60. The minimum Gasteiger partial charge on any atom is -0.369 e. The third kappa shape index (κ3) is 6.39. The molecule has 5 rings (SSSR count). The summed E-state index contributed by atoms with van der Waals surface area (Å²) in [5.74, 6) is 1.15. The van der Waals surface area contributed by atoms with Gasteiger partial charge in [-0.05, 0) is 61.0 Å². The number of aromatic nitrogens is 2. The highest BCUT2D eigenvalue weighted by molar-refractivity contribution is 9.10. The number of fused-ring (bicyclic) bond motifs is 1. The van der Waals surface area contributed by atoms with Crippen molar-refractivity contribution in [3.8, 4) is 0 Å². The summed E-state index contributed by atoms with van der Waals surface area (Å²) in [6.45, 7) is 4.76. The Hall–Kier alpha value is -2.77. The first kappa shape index (κ1) is 25.9. The fourth-order valence-corrected chi connectivity index (χ4v) is 6.50. The molecular formula is C25H28BrN7O2S2. The molecule has 1 fully saturated rings. The van der Waals surface area contributed by atoms with E-state index in [4.69, 9.17) is 0 Å². The molecule has 1 aliphatic rings. The summed E-state index contributed by atoms with van der Waals surface area (Å²) >= 11 is 4.85. The van der Waals surface area contributed by atoms with Gasteiger partial charge in [-0.15, -0.1) is 11.3 Å². The van der Waals surface area contributed by atoms with Crippen LogP contribution >= 0.6 is 27.3 Å². The molecule has 2 aromatic heterocycles. The molecule has 1 aliphatic heterocycles. The van der Waals surface area contributed by atoms with E-state index in [0.29, 0.717) is 22.8 Å². The summed E-state index contributed by atoms with van der Waals surface area (Å²) in [5, 5.41) is 8.54. The molecule has 194 valence electrons. The minimum absolute atomic E-state index is 0.211. The van der Waals surface area contributed by atoms with Crippen molar-refractivity contribution in [1.82, 2.24) is 19.6 Å². The van der Waals surface area contributed by atoms with E-state index in [1.165, 1.54) is 5.69 Å². The number of anilines is 4. The fraction of sp³-hybridized carbons (Fsp3) is 0.280. The van der Waals surface area contributed by atoms with E-state index in [1.54, 1.807) is 35.6 Å². The monoisotopic (exact) mass is 601 g/mol. The second kappa shape index (κ2) is 11.3. The number of benzene rings is 2. The van der Waals surface area contributed by atoms with Crippen LogP contribution in [0.5, 0.6) is 0 Å². The lowest BCUT2D eigenvalue weighted by atomic mass is 10.2. The number of rotatable bonds is 9. The summed E-state index contributed by atoms with van der Waals surface area (Å²) in [4.78, 5) is 14.3. The SMILES string of the molecule is CN1CCN(c2ccc(Nc3nc(NCCNS(=O)(=O)c4cccc(Br)c4)c4sccc4n3)cc2)CC1. The second-order valence-corrected chi connectivity index (χ2v) is 12.4. The normalized spacial score (nSPS) is 14.7. The third-order valence-corrected chi connectivity index (χ3v) is 8.97. The highest BCUT2D eigenvalue weighted by Gasteiger charge is 2.16. The Morgan fingerprint density at radius 3 is 2.54 bits per heavy atom. The molecule has 2 aromatic carbocycles. The van der Waals surface area contributed by atoms with Crippen LogP contribution in [0.3, 0.4) is 0 Å². The van der Waals surface area contributed by atoms with Gasteiger partial charge in [0.15, 0.2) is 0 Å². The topological polar surface area (TPSA) is 102 Å². The smallest absolute Gasteiger partial charge is 0.240 e. The number of hydrogen-bond acceptors (Lipinski definition) is 9. The van der Waals surface area contributed by atoms with Crippen molar-refractivity contribution in [2.75, 3.05) is 61.8 Å². The molecule has 1 saturated heterocycles. The van der Waals surface area contributed by atoms with Crippen LogP contribution in [-0.2, 0) is 10.0 Å². The van der Waals surface area contributed by atoms with E-state index in [-0.39, 0.29) is 11.4 Å². The fourth-order valence-electron chi connectivity index (χ4n) is 4.07. The Balaban J connectivity index is 1.23. The average molecular weight is 603 g/mol. The number of sulfonamides is 1.